The number of para-hydroxylation sites is 1. The van der Waals surface area contributed by atoms with E-state index in [1.54, 1.807) is 18.2 Å². The molecule has 0 atom stereocenters. The van der Waals surface area contributed by atoms with Gasteiger partial charge < -0.3 is 9.84 Å². The Kier molecular flexibility index (Phi) is 6.56. The summed E-state index contributed by atoms with van der Waals surface area (Å²) < 4.78 is 6.16. The molecule has 0 saturated heterocycles. The summed E-state index contributed by atoms with van der Waals surface area (Å²) in [4.78, 5) is 11.3. The van der Waals surface area contributed by atoms with Gasteiger partial charge in [0.1, 0.15) is 16.9 Å². The summed E-state index contributed by atoms with van der Waals surface area (Å²) in [6.07, 6.45) is 6.23. The predicted octanol–water partition coefficient (Wildman–Crippen LogP) is 4.90. The molecule has 20 heavy (non-hydrogen) atoms. The number of aromatic carboxylic acids is 1. The minimum atomic E-state index is -0.935. The lowest BCUT2D eigenvalue weighted by atomic mass is 9.90. The number of benzene rings is 1. The molecule has 0 bridgehead atoms. The minimum absolute atomic E-state index is 0.245. The third-order valence-electron chi connectivity index (χ3n) is 3.97. The van der Waals surface area contributed by atoms with Gasteiger partial charge in [-0.1, -0.05) is 45.7 Å². The number of ether oxygens (including phenoxy) is 1. The van der Waals surface area contributed by atoms with E-state index in [-0.39, 0.29) is 11.2 Å². The second kappa shape index (κ2) is 7.93. The first-order valence-corrected chi connectivity index (χ1v) is 7.60. The topological polar surface area (TPSA) is 46.5 Å². The second-order valence-electron chi connectivity index (χ2n) is 5.25. The van der Waals surface area contributed by atoms with Crippen molar-refractivity contribution in [2.24, 2.45) is 0 Å². The quantitative estimate of drug-likeness (QED) is 0.653. The van der Waals surface area contributed by atoms with Gasteiger partial charge >= 0.3 is 5.97 Å². The number of carboxylic acid groups (broad SMARTS) is 1. The van der Waals surface area contributed by atoms with Crippen molar-refractivity contribution < 1.29 is 14.6 Å². The largest absolute Gasteiger partial charge is 0.486 e. The Bertz CT molecular complexity index is 422. The van der Waals surface area contributed by atoms with Gasteiger partial charge in [0, 0.05) is 0 Å². The fourth-order valence-corrected chi connectivity index (χ4v) is 2.46. The number of carbonyl (C=O) groups is 1. The molecule has 1 N–H and O–H groups in total. The van der Waals surface area contributed by atoms with E-state index in [9.17, 15) is 9.90 Å². The molecule has 0 aromatic heterocycles. The minimum Gasteiger partial charge on any atom is -0.486 e. The van der Waals surface area contributed by atoms with Gasteiger partial charge in [0.15, 0.2) is 0 Å². The molecule has 0 saturated carbocycles. The molecular formula is C17H26O3. The Morgan fingerprint density at radius 3 is 2.35 bits per heavy atom. The van der Waals surface area contributed by atoms with Crippen molar-refractivity contribution in [1.29, 1.82) is 0 Å². The maximum absolute atomic E-state index is 11.3. The van der Waals surface area contributed by atoms with Crippen LogP contribution in [0.3, 0.4) is 0 Å². The van der Waals surface area contributed by atoms with Gasteiger partial charge in [-0.05, 0) is 37.8 Å². The Labute approximate surface area is 122 Å². The van der Waals surface area contributed by atoms with E-state index >= 15 is 0 Å². The summed E-state index contributed by atoms with van der Waals surface area (Å²) in [6, 6.07) is 6.90. The summed E-state index contributed by atoms with van der Waals surface area (Å²) in [5.41, 5.74) is -0.00459. The highest BCUT2D eigenvalue weighted by atomic mass is 16.5. The molecule has 0 amide bonds. The highest BCUT2D eigenvalue weighted by Gasteiger charge is 2.29. The fourth-order valence-electron chi connectivity index (χ4n) is 2.46. The molecule has 0 heterocycles. The van der Waals surface area contributed by atoms with E-state index in [1.165, 1.54) is 12.8 Å². The fraction of sp³-hybridized carbons (Fsp3) is 0.588. The van der Waals surface area contributed by atoms with Crippen molar-refractivity contribution >= 4 is 5.97 Å². The normalized spacial score (nSPS) is 11.3. The average Bonchev–Trinajstić information content (AvgIpc) is 2.46. The van der Waals surface area contributed by atoms with Crippen LogP contribution in [0.2, 0.25) is 0 Å². The van der Waals surface area contributed by atoms with E-state index in [1.807, 2.05) is 6.07 Å². The summed E-state index contributed by atoms with van der Waals surface area (Å²) >= 11 is 0. The van der Waals surface area contributed by atoms with E-state index in [0.717, 1.165) is 25.7 Å². The molecule has 112 valence electrons. The molecule has 0 aliphatic heterocycles. The van der Waals surface area contributed by atoms with Crippen molar-refractivity contribution in [2.75, 3.05) is 0 Å². The summed E-state index contributed by atoms with van der Waals surface area (Å²) in [5.74, 6) is -0.449. The lowest BCUT2D eigenvalue weighted by Crippen LogP contribution is -2.35. The zero-order valence-electron chi connectivity index (χ0n) is 12.8. The molecule has 1 aromatic carbocycles. The molecule has 0 aliphatic rings. The number of hydrogen-bond donors (Lipinski definition) is 1. The second-order valence-corrected chi connectivity index (χ2v) is 5.25. The number of rotatable bonds is 9. The Balaban J connectivity index is 2.92. The van der Waals surface area contributed by atoms with Crippen LogP contribution in [-0.4, -0.2) is 16.7 Å². The van der Waals surface area contributed by atoms with Crippen LogP contribution in [-0.2, 0) is 0 Å². The predicted molar refractivity (Wildman–Crippen MR) is 81.5 cm³/mol. The molecule has 0 unspecified atom stereocenters. The highest BCUT2D eigenvalue weighted by Crippen LogP contribution is 2.31. The molecule has 0 radical (unpaired) electrons. The Morgan fingerprint density at radius 1 is 1.15 bits per heavy atom. The maximum Gasteiger partial charge on any atom is 0.339 e. The molecular weight excluding hydrogens is 252 g/mol. The van der Waals surface area contributed by atoms with Crippen molar-refractivity contribution in [3.8, 4) is 5.75 Å². The van der Waals surface area contributed by atoms with Crippen LogP contribution in [0.1, 0.15) is 69.7 Å². The Hall–Kier alpha value is -1.51. The van der Waals surface area contributed by atoms with Gasteiger partial charge in [0.2, 0.25) is 0 Å². The third-order valence-corrected chi connectivity index (χ3v) is 3.97. The van der Waals surface area contributed by atoms with Crippen LogP contribution in [0.25, 0.3) is 0 Å². The lowest BCUT2D eigenvalue weighted by Gasteiger charge is -2.33. The van der Waals surface area contributed by atoms with E-state index < -0.39 is 5.97 Å². The smallest absolute Gasteiger partial charge is 0.339 e. The molecule has 1 rings (SSSR count). The van der Waals surface area contributed by atoms with Crippen molar-refractivity contribution in [3.63, 3.8) is 0 Å². The van der Waals surface area contributed by atoms with Crippen molar-refractivity contribution in [2.45, 2.75) is 64.9 Å². The lowest BCUT2D eigenvalue weighted by molar-refractivity contribution is 0.0449. The van der Waals surface area contributed by atoms with Crippen LogP contribution >= 0.6 is 0 Å². The van der Waals surface area contributed by atoms with Gasteiger partial charge in [-0.25, -0.2) is 4.79 Å². The van der Waals surface area contributed by atoms with Gasteiger partial charge in [-0.2, -0.15) is 0 Å². The van der Waals surface area contributed by atoms with Crippen LogP contribution in [0, 0.1) is 0 Å². The van der Waals surface area contributed by atoms with E-state index in [0.29, 0.717) is 5.75 Å². The zero-order chi connectivity index (χ0) is 15.0. The first kappa shape index (κ1) is 16.5. The van der Waals surface area contributed by atoms with Gasteiger partial charge in [-0.3, -0.25) is 0 Å². The highest BCUT2D eigenvalue weighted by molar-refractivity contribution is 5.90. The first-order valence-electron chi connectivity index (χ1n) is 7.60. The summed E-state index contributed by atoms with van der Waals surface area (Å²) in [5, 5.41) is 9.24. The van der Waals surface area contributed by atoms with E-state index in [4.69, 9.17) is 4.74 Å². The molecule has 3 nitrogen and oxygen atoms in total. The zero-order valence-corrected chi connectivity index (χ0v) is 12.8. The van der Waals surface area contributed by atoms with Gasteiger partial charge in [0.25, 0.3) is 0 Å². The first-order chi connectivity index (χ1) is 9.58. The van der Waals surface area contributed by atoms with Crippen molar-refractivity contribution in [1.82, 2.24) is 0 Å². The van der Waals surface area contributed by atoms with E-state index in [2.05, 4.69) is 20.8 Å². The van der Waals surface area contributed by atoms with Gasteiger partial charge in [0.05, 0.1) is 0 Å². The number of hydrogen-bond acceptors (Lipinski definition) is 2. The molecule has 0 spiro atoms. The summed E-state index contributed by atoms with van der Waals surface area (Å²) in [7, 11) is 0. The summed E-state index contributed by atoms with van der Waals surface area (Å²) in [6.45, 7) is 6.40. The number of carboxylic acids is 1. The average molecular weight is 278 g/mol. The SMILES string of the molecule is CCCCCC(CC)(CC)Oc1ccccc1C(=O)O. The van der Waals surface area contributed by atoms with Gasteiger partial charge in [-0.15, -0.1) is 0 Å². The van der Waals surface area contributed by atoms with Crippen molar-refractivity contribution in [3.05, 3.63) is 29.8 Å². The molecule has 3 heteroatoms. The maximum atomic E-state index is 11.3. The molecule has 0 aliphatic carbocycles. The van der Waals surface area contributed by atoms with Crippen LogP contribution in [0.5, 0.6) is 5.75 Å². The monoisotopic (exact) mass is 278 g/mol. The standard InChI is InChI=1S/C17H26O3/c1-4-7-10-13-17(5-2,6-3)20-15-12-9-8-11-14(15)16(18)19/h8-9,11-12H,4-7,10,13H2,1-3H3,(H,18,19). The van der Waals surface area contributed by atoms with Crippen LogP contribution < -0.4 is 4.74 Å². The van der Waals surface area contributed by atoms with Crippen LogP contribution in [0.4, 0.5) is 0 Å². The van der Waals surface area contributed by atoms with Crippen LogP contribution in [0.15, 0.2) is 24.3 Å². The molecule has 1 aromatic rings. The Morgan fingerprint density at radius 2 is 1.80 bits per heavy atom. The molecule has 0 fully saturated rings. The third kappa shape index (κ3) is 4.26. The number of unbranched alkanes of at least 4 members (excludes halogenated alkanes) is 2.